The van der Waals surface area contributed by atoms with Crippen molar-refractivity contribution in [1.82, 2.24) is 14.8 Å². The molecule has 1 aliphatic heterocycles. The number of aliphatic hydroxyl groups excluding tert-OH is 1. The molecule has 1 amide bonds. The lowest BCUT2D eigenvalue weighted by Gasteiger charge is -2.26. The number of carbonyl (C=O) groups excluding carboxylic acids is 2. The number of likely N-dealkylation sites (N-methyl/N-ethyl adjacent to an activating group) is 1. The predicted octanol–water partition coefficient (Wildman–Crippen LogP) is 3.64. The van der Waals surface area contributed by atoms with E-state index in [2.05, 4.69) is 4.98 Å². The van der Waals surface area contributed by atoms with E-state index in [1.165, 1.54) is 4.90 Å². The summed E-state index contributed by atoms with van der Waals surface area (Å²) in [6.07, 6.45) is 3.25. The average Bonchev–Trinajstić information content (AvgIpc) is 3.12. The Balaban J connectivity index is 1.63. The third-order valence-electron chi connectivity index (χ3n) is 5.70. The Bertz CT molecular complexity index is 1180. The highest BCUT2D eigenvalue weighted by Crippen LogP contribution is 2.39. The molecule has 34 heavy (non-hydrogen) atoms. The van der Waals surface area contributed by atoms with Gasteiger partial charge in [0.05, 0.1) is 11.6 Å². The SMILES string of the molecule is CN(C)CCN1C(=O)C(=O)C(=C(O)c2ccc(OCc3ccccc3)cc2)[C@@H]1c1cccnc1. The molecule has 1 aliphatic rings. The van der Waals surface area contributed by atoms with Crippen LogP contribution in [0.2, 0.25) is 0 Å². The van der Waals surface area contributed by atoms with Gasteiger partial charge in [-0.1, -0.05) is 36.4 Å². The van der Waals surface area contributed by atoms with Crippen LogP contribution in [0.3, 0.4) is 0 Å². The van der Waals surface area contributed by atoms with Crippen LogP contribution in [0, 0.1) is 0 Å². The third-order valence-corrected chi connectivity index (χ3v) is 5.70. The molecule has 0 spiro atoms. The summed E-state index contributed by atoms with van der Waals surface area (Å²) < 4.78 is 5.81. The number of benzene rings is 2. The maximum atomic E-state index is 13.0. The smallest absolute Gasteiger partial charge is 0.295 e. The van der Waals surface area contributed by atoms with Crippen LogP contribution in [-0.2, 0) is 16.2 Å². The monoisotopic (exact) mass is 457 g/mol. The molecule has 174 valence electrons. The van der Waals surface area contributed by atoms with E-state index in [4.69, 9.17) is 4.74 Å². The summed E-state index contributed by atoms with van der Waals surface area (Å²) in [4.78, 5) is 33.5. The maximum absolute atomic E-state index is 13.0. The molecule has 1 aromatic heterocycles. The Morgan fingerprint density at radius 1 is 1.03 bits per heavy atom. The molecule has 1 saturated heterocycles. The molecule has 0 bridgehead atoms. The van der Waals surface area contributed by atoms with Gasteiger partial charge in [0, 0.05) is 31.0 Å². The second-order valence-corrected chi connectivity index (χ2v) is 8.38. The molecule has 7 nitrogen and oxygen atoms in total. The zero-order chi connectivity index (χ0) is 24.1. The number of amides is 1. The number of rotatable bonds is 8. The van der Waals surface area contributed by atoms with Gasteiger partial charge in [-0.05, 0) is 55.6 Å². The minimum absolute atomic E-state index is 0.0645. The van der Waals surface area contributed by atoms with Crippen LogP contribution in [0.1, 0.15) is 22.7 Å². The van der Waals surface area contributed by atoms with Crippen LogP contribution >= 0.6 is 0 Å². The highest BCUT2D eigenvalue weighted by molar-refractivity contribution is 6.46. The fraction of sp³-hybridized carbons (Fsp3) is 0.222. The molecule has 2 aromatic carbocycles. The summed E-state index contributed by atoms with van der Waals surface area (Å²) in [6.45, 7) is 1.35. The van der Waals surface area contributed by atoms with Gasteiger partial charge in [0.15, 0.2) is 0 Å². The van der Waals surface area contributed by atoms with Crippen molar-refractivity contribution in [3.8, 4) is 5.75 Å². The first-order chi connectivity index (χ1) is 16.5. The van der Waals surface area contributed by atoms with Crippen molar-refractivity contribution < 1.29 is 19.4 Å². The highest BCUT2D eigenvalue weighted by atomic mass is 16.5. The van der Waals surface area contributed by atoms with Gasteiger partial charge in [-0.3, -0.25) is 14.6 Å². The van der Waals surface area contributed by atoms with E-state index < -0.39 is 17.7 Å². The van der Waals surface area contributed by atoms with Gasteiger partial charge >= 0.3 is 0 Å². The molecule has 1 fully saturated rings. The number of aromatic nitrogens is 1. The largest absolute Gasteiger partial charge is 0.507 e. The van der Waals surface area contributed by atoms with Crippen molar-refractivity contribution in [2.75, 3.05) is 27.2 Å². The van der Waals surface area contributed by atoms with Crippen LogP contribution in [-0.4, -0.2) is 58.8 Å². The number of likely N-dealkylation sites (tertiary alicyclic amines) is 1. The number of aliphatic hydroxyl groups is 1. The maximum Gasteiger partial charge on any atom is 0.295 e. The normalized spacial score (nSPS) is 17.4. The Morgan fingerprint density at radius 2 is 1.76 bits per heavy atom. The molecular formula is C27H27N3O4. The number of ketones is 1. The highest BCUT2D eigenvalue weighted by Gasteiger charge is 2.45. The number of nitrogens with zero attached hydrogens (tertiary/aromatic N) is 3. The molecule has 1 N–H and O–H groups in total. The van der Waals surface area contributed by atoms with E-state index in [0.717, 1.165) is 5.56 Å². The molecule has 1 atom stereocenters. The average molecular weight is 458 g/mol. The van der Waals surface area contributed by atoms with Crippen molar-refractivity contribution in [2.24, 2.45) is 0 Å². The number of ether oxygens (including phenoxy) is 1. The van der Waals surface area contributed by atoms with Crippen molar-refractivity contribution in [3.63, 3.8) is 0 Å². The second-order valence-electron chi connectivity index (χ2n) is 8.38. The predicted molar refractivity (Wildman–Crippen MR) is 129 cm³/mol. The van der Waals surface area contributed by atoms with Crippen molar-refractivity contribution in [2.45, 2.75) is 12.6 Å². The number of pyridine rings is 1. The summed E-state index contributed by atoms with van der Waals surface area (Å²) >= 11 is 0. The molecule has 0 aliphatic carbocycles. The lowest BCUT2D eigenvalue weighted by Crippen LogP contribution is -2.35. The third kappa shape index (κ3) is 5.00. The summed E-state index contributed by atoms with van der Waals surface area (Å²) in [6, 6.07) is 19.5. The lowest BCUT2D eigenvalue weighted by molar-refractivity contribution is -0.140. The number of hydrogen-bond donors (Lipinski definition) is 1. The van der Waals surface area contributed by atoms with Crippen molar-refractivity contribution >= 4 is 17.4 Å². The van der Waals surface area contributed by atoms with Gasteiger partial charge in [-0.15, -0.1) is 0 Å². The fourth-order valence-electron chi connectivity index (χ4n) is 3.91. The molecular weight excluding hydrogens is 430 g/mol. The lowest BCUT2D eigenvalue weighted by atomic mass is 9.96. The van der Waals surface area contributed by atoms with Gasteiger partial charge in [-0.2, -0.15) is 0 Å². The summed E-state index contributed by atoms with van der Waals surface area (Å²) in [5, 5.41) is 11.1. The Labute approximate surface area is 198 Å². The van der Waals surface area contributed by atoms with Crippen molar-refractivity contribution in [3.05, 3.63) is 101 Å². The van der Waals surface area contributed by atoms with E-state index in [1.54, 1.807) is 48.8 Å². The van der Waals surface area contributed by atoms with E-state index in [-0.39, 0.29) is 11.3 Å². The Kier molecular flexibility index (Phi) is 7.04. The van der Waals surface area contributed by atoms with Gasteiger partial charge in [0.1, 0.15) is 18.1 Å². The molecule has 4 rings (SSSR count). The van der Waals surface area contributed by atoms with Gasteiger partial charge in [-0.25, -0.2) is 0 Å². The minimum Gasteiger partial charge on any atom is -0.507 e. The second kappa shape index (κ2) is 10.3. The molecule has 7 heteroatoms. The van der Waals surface area contributed by atoms with E-state index in [0.29, 0.717) is 36.6 Å². The number of hydrogen-bond acceptors (Lipinski definition) is 6. The number of carbonyl (C=O) groups is 2. The Morgan fingerprint density at radius 3 is 2.41 bits per heavy atom. The Hall–Kier alpha value is -3.97. The number of Topliss-reactive ketones (excluding diaryl/α,β-unsaturated/α-hetero) is 1. The molecule has 0 radical (unpaired) electrons. The van der Waals surface area contributed by atoms with E-state index in [1.807, 2.05) is 49.3 Å². The van der Waals surface area contributed by atoms with Crippen LogP contribution < -0.4 is 4.74 Å². The topological polar surface area (TPSA) is 83.0 Å². The fourth-order valence-corrected chi connectivity index (χ4v) is 3.91. The van der Waals surface area contributed by atoms with Crippen LogP contribution in [0.15, 0.2) is 84.7 Å². The summed E-state index contributed by atoms with van der Waals surface area (Å²) in [5.41, 5.74) is 2.22. The van der Waals surface area contributed by atoms with Gasteiger partial charge in [0.2, 0.25) is 0 Å². The first-order valence-corrected chi connectivity index (χ1v) is 11.1. The minimum atomic E-state index is -0.706. The van der Waals surface area contributed by atoms with E-state index >= 15 is 0 Å². The van der Waals surface area contributed by atoms with Gasteiger partial charge in [0.25, 0.3) is 11.7 Å². The first kappa shape index (κ1) is 23.2. The molecule has 3 aromatic rings. The molecule has 2 heterocycles. The van der Waals surface area contributed by atoms with E-state index in [9.17, 15) is 14.7 Å². The first-order valence-electron chi connectivity index (χ1n) is 11.1. The molecule has 0 unspecified atom stereocenters. The van der Waals surface area contributed by atoms with Crippen molar-refractivity contribution in [1.29, 1.82) is 0 Å². The van der Waals surface area contributed by atoms with Crippen LogP contribution in [0.4, 0.5) is 0 Å². The quantitative estimate of drug-likeness (QED) is 0.316. The standard InChI is InChI=1S/C27H27N3O4/c1-29(2)15-16-30-24(21-9-6-14-28-17-21)23(26(32)27(30)33)25(31)20-10-12-22(13-11-20)34-18-19-7-4-3-5-8-19/h3-14,17,24,31H,15-16,18H2,1-2H3/t24-/m0/s1. The zero-order valence-electron chi connectivity index (χ0n) is 19.2. The summed E-state index contributed by atoms with van der Waals surface area (Å²) in [7, 11) is 3.80. The van der Waals surface area contributed by atoms with Crippen LogP contribution in [0.25, 0.3) is 5.76 Å². The zero-order valence-corrected chi connectivity index (χ0v) is 19.2. The van der Waals surface area contributed by atoms with Crippen LogP contribution in [0.5, 0.6) is 5.75 Å². The van der Waals surface area contributed by atoms with Gasteiger partial charge < -0.3 is 19.6 Å². The molecule has 0 saturated carbocycles. The summed E-state index contributed by atoms with van der Waals surface area (Å²) in [5.74, 6) is -0.903.